The van der Waals surface area contributed by atoms with E-state index >= 15 is 0 Å². The number of hydrogen-bond acceptors (Lipinski definition) is 1. The number of carbonyl (C=O) groups excluding carboxylic acids is 1. The zero-order valence-electron chi connectivity index (χ0n) is 7.13. The maximum absolute atomic E-state index is 10.4. The van der Waals surface area contributed by atoms with E-state index in [-0.39, 0.29) is 6.42 Å². The van der Waals surface area contributed by atoms with Crippen LogP contribution in [0.2, 0.25) is 0 Å². The average Bonchev–Trinajstić information content (AvgIpc) is 2.05. The minimum absolute atomic E-state index is 0.226. The van der Waals surface area contributed by atoms with Crippen LogP contribution in [0.5, 0.6) is 0 Å². The van der Waals surface area contributed by atoms with Gasteiger partial charge in [0, 0.05) is 0 Å². The number of rotatable bonds is 3. The molecule has 1 aromatic carbocycles. The molecule has 0 aliphatic carbocycles. The maximum Gasteiger partial charge on any atom is 0.242 e. The minimum Gasteiger partial charge on any atom is -0.273 e. The summed E-state index contributed by atoms with van der Waals surface area (Å²) in [4.78, 5) is 10.4. The molecule has 1 amide bonds. The predicted molar refractivity (Wildman–Crippen MR) is 47.6 cm³/mol. The highest BCUT2D eigenvalue weighted by molar-refractivity contribution is 5.75. The molecule has 0 spiro atoms. The fourth-order valence-corrected chi connectivity index (χ4v) is 1.08. The molecule has 1 N–H and O–H groups in total. The van der Waals surface area contributed by atoms with Crippen LogP contribution in [-0.2, 0) is 17.6 Å². The summed E-state index contributed by atoms with van der Waals surface area (Å²) in [5, 5.41) is 0. The Labute approximate surface area is 72.4 Å². The van der Waals surface area contributed by atoms with E-state index < -0.39 is 5.91 Å². The molecule has 1 rings (SSSR count). The van der Waals surface area contributed by atoms with Gasteiger partial charge in [0.1, 0.15) is 0 Å². The van der Waals surface area contributed by atoms with Crippen molar-refractivity contribution in [3.63, 3.8) is 0 Å². The normalized spacial score (nSPS) is 9.75. The average molecular weight is 162 g/mol. The van der Waals surface area contributed by atoms with Gasteiger partial charge in [0.2, 0.25) is 5.91 Å². The van der Waals surface area contributed by atoms with E-state index in [0.717, 1.165) is 12.0 Å². The Balaban J connectivity index is 2.71. The third kappa shape index (κ3) is 2.38. The largest absolute Gasteiger partial charge is 0.273 e. The van der Waals surface area contributed by atoms with Crippen molar-refractivity contribution in [2.45, 2.75) is 19.8 Å². The van der Waals surface area contributed by atoms with Gasteiger partial charge in [-0.25, -0.2) is 0 Å². The molecule has 63 valence electrons. The lowest BCUT2D eigenvalue weighted by molar-refractivity contribution is -0.118. The molecular formula is C10H12NO. The topological polar surface area (TPSA) is 40.9 Å². The molecule has 0 fully saturated rings. The fourth-order valence-electron chi connectivity index (χ4n) is 1.08. The van der Waals surface area contributed by atoms with Gasteiger partial charge in [-0.05, 0) is 17.5 Å². The van der Waals surface area contributed by atoms with Crippen molar-refractivity contribution in [3.05, 3.63) is 35.4 Å². The summed E-state index contributed by atoms with van der Waals surface area (Å²) in [5.74, 6) is -0.528. The number of benzene rings is 1. The molecular weight excluding hydrogens is 150 g/mol. The van der Waals surface area contributed by atoms with E-state index in [1.54, 1.807) is 0 Å². The van der Waals surface area contributed by atoms with Gasteiger partial charge in [-0.2, -0.15) is 0 Å². The molecule has 0 aromatic heterocycles. The van der Waals surface area contributed by atoms with Gasteiger partial charge in [0.05, 0.1) is 6.42 Å². The smallest absolute Gasteiger partial charge is 0.242 e. The van der Waals surface area contributed by atoms with Gasteiger partial charge < -0.3 is 0 Å². The molecule has 0 saturated heterocycles. The van der Waals surface area contributed by atoms with Crippen molar-refractivity contribution in [2.24, 2.45) is 0 Å². The molecule has 0 saturated carbocycles. The zero-order chi connectivity index (χ0) is 8.97. The molecule has 2 heteroatoms. The van der Waals surface area contributed by atoms with Crippen LogP contribution in [-0.4, -0.2) is 5.91 Å². The van der Waals surface area contributed by atoms with Gasteiger partial charge >= 0.3 is 0 Å². The van der Waals surface area contributed by atoms with Crippen molar-refractivity contribution >= 4 is 5.91 Å². The van der Waals surface area contributed by atoms with Crippen LogP contribution in [0.1, 0.15) is 18.1 Å². The van der Waals surface area contributed by atoms with Crippen LogP contribution in [0, 0.1) is 0 Å². The lowest BCUT2D eigenvalue weighted by Crippen LogP contribution is -2.02. The Morgan fingerprint density at radius 1 is 1.25 bits per heavy atom. The molecule has 12 heavy (non-hydrogen) atoms. The zero-order valence-corrected chi connectivity index (χ0v) is 7.13. The molecule has 0 bridgehead atoms. The van der Waals surface area contributed by atoms with Crippen LogP contribution < -0.4 is 5.73 Å². The first-order valence-electron chi connectivity index (χ1n) is 4.04. The summed E-state index contributed by atoms with van der Waals surface area (Å²) in [6.07, 6.45) is 1.24. The minimum atomic E-state index is -0.528. The molecule has 0 heterocycles. The van der Waals surface area contributed by atoms with Crippen LogP contribution in [0.25, 0.3) is 0 Å². The second-order valence-corrected chi connectivity index (χ2v) is 2.77. The second kappa shape index (κ2) is 3.90. The first-order chi connectivity index (χ1) is 5.72. The summed E-state index contributed by atoms with van der Waals surface area (Å²) in [6.45, 7) is 2.09. The molecule has 0 unspecified atom stereocenters. The number of amides is 1. The number of carbonyl (C=O) groups is 1. The highest BCUT2D eigenvalue weighted by Crippen LogP contribution is 2.05. The first kappa shape index (κ1) is 8.78. The van der Waals surface area contributed by atoms with Crippen LogP contribution in [0.4, 0.5) is 0 Å². The summed E-state index contributed by atoms with van der Waals surface area (Å²) >= 11 is 0. The number of aryl methyl sites for hydroxylation is 1. The predicted octanol–water partition coefficient (Wildman–Crippen LogP) is 1.60. The Bertz CT molecular complexity index is 264. The molecule has 0 aliphatic rings. The fraction of sp³-hybridized carbons (Fsp3) is 0.300. The monoisotopic (exact) mass is 162 g/mol. The van der Waals surface area contributed by atoms with Gasteiger partial charge in [0.15, 0.2) is 0 Å². The van der Waals surface area contributed by atoms with Crippen molar-refractivity contribution in [3.8, 4) is 0 Å². The Morgan fingerprint density at radius 3 is 2.17 bits per heavy atom. The van der Waals surface area contributed by atoms with Crippen molar-refractivity contribution in [1.82, 2.24) is 5.73 Å². The second-order valence-electron chi connectivity index (χ2n) is 2.77. The van der Waals surface area contributed by atoms with Crippen LogP contribution in [0.15, 0.2) is 24.3 Å². The van der Waals surface area contributed by atoms with E-state index in [2.05, 4.69) is 6.92 Å². The van der Waals surface area contributed by atoms with Crippen LogP contribution >= 0.6 is 0 Å². The summed E-state index contributed by atoms with van der Waals surface area (Å²) in [7, 11) is 0. The van der Waals surface area contributed by atoms with E-state index in [0.29, 0.717) is 0 Å². The molecule has 1 aromatic rings. The first-order valence-corrected chi connectivity index (χ1v) is 4.04. The molecule has 1 radical (unpaired) electrons. The number of nitrogens with one attached hydrogen (secondary N) is 1. The third-order valence-electron chi connectivity index (χ3n) is 1.80. The highest BCUT2D eigenvalue weighted by atomic mass is 16.1. The Hall–Kier alpha value is -1.31. The van der Waals surface area contributed by atoms with Gasteiger partial charge in [-0.15, -0.1) is 0 Å². The Morgan fingerprint density at radius 2 is 1.75 bits per heavy atom. The van der Waals surface area contributed by atoms with Crippen molar-refractivity contribution < 1.29 is 4.79 Å². The number of hydrogen-bond donors (Lipinski definition) is 0. The molecule has 0 atom stereocenters. The maximum atomic E-state index is 10.4. The highest BCUT2D eigenvalue weighted by Gasteiger charge is 1.97. The van der Waals surface area contributed by atoms with E-state index in [1.165, 1.54) is 5.56 Å². The third-order valence-corrected chi connectivity index (χ3v) is 1.80. The van der Waals surface area contributed by atoms with Gasteiger partial charge in [-0.1, -0.05) is 31.2 Å². The Kier molecular flexibility index (Phi) is 2.86. The van der Waals surface area contributed by atoms with E-state index in [4.69, 9.17) is 5.73 Å². The van der Waals surface area contributed by atoms with Crippen LogP contribution in [0.3, 0.4) is 0 Å². The summed E-state index contributed by atoms with van der Waals surface area (Å²) in [5.41, 5.74) is 8.96. The van der Waals surface area contributed by atoms with E-state index in [9.17, 15) is 4.79 Å². The SMILES string of the molecule is CCc1ccc(CC([NH])=O)cc1. The van der Waals surface area contributed by atoms with Crippen molar-refractivity contribution in [2.75, 3.05) is 0 Å². The van der Waals surface area contributed by atoms with Crippen molar-refractivity contribution in [1.29, 1.82) is 0 Å². The molecule has 0 aliphatic heterocycles. The quantitative estimate of drug-likeness (QED) is 0.665. The summed E-state index contributed by atoms with van der Waals surface area (Å²) in [6, 6.07) is 7.81. The van der Waals surface area contributed by atoms with Gasteiger partial charge in [-0.3, -0.25) is 10.5 Å². The lowest BCUT2D eigenvalue weighted by atomic mass is 10.1. The standard InChI is InChI=1S/C10H12NO/c1-2-8-3-5-9(6-4-8)7-10(11)12/h3-6,11H,2,7H2,1H3. The lowest BCUT2D eigenvalue weighted by Gasteiger charge is -1.98. The van der Waals surface area contributed by atoms with Gasteiger partial charge in [0.25, 0.3) is 0 Å². The molecule has 2 nitrogen and oxygen atoms in total. The van der Waals surface area contributed by atoms with E-state index in [1.807, 2.05) is 24.3 Å². The summed E-state index contributed by atoms with van der Waals surface area (Å²) < 4.78 is 0.